The second-order valence-corrected chi connectivity index (χ2v) is 7.65. The van der Waals surface area contributed by atoms with Crippen molar-refractivity contribution < 1.29 is 27.1 Å². The van der Waals surface area contributed by atoms with Crippen LogP contribution >= 0.6 is 0 Å². The number of hydrogen-bond acceptors (Lipinski definition) is 4. The van der Waals surface area contributed by atoms with Crippen LogP contribution < -0.4 is 0 Å². The van der Waals surface area contributed by atoms with Gasteiger partial charge in [0.1, 0.15) is 10.6 Å². The highest BCUT2D eigenvalue weighted by Gasteiger charge is 2.34. The van der Waals surface area contributed by atoms with Gasteiger partial charge in [0, 0.05) is 25.8 Å². The molecule has 0 atom stereocenters. The molecule has 0 saturated heterocycles. The predicted octanol–water partition coefficient (Wildman–Crippen LogP) is 1.37. The van der Waals surface area contributed by atoms with Crippen molar-refractivity contribution in [2.75, 3.05) is 6.54 Å². The number of rotatable bonds is 4. The Morgan fingerprint density at radius 2 is 2.04 bits per heavy atom. The van der Waals surface area contributed by atoms with Crippen LogP contribution in [-0.2, 0) is 30.2 Å². The van der Waals surface area contributed by atoms with E-state index in [1.54, 1.807) is 0 Å². The molecule has 0 bridgehead atoms. The van der Waals surface area contributed by atoms with Crippen molar-refractivity contribution in [3.8, 4) is 0 Å². The zero-order valence-electron chi connectivity index (χ0n) is 13.5. The topological polar surface area (TPSA) is 97.4 Å². The SMILES string of the molecule is Cc1c(S(=O)(=O)N2CCn3c(cnc3C(F)F)C2)cc(C(=O)O)n1C. The van der Waals surface area contributed by atoms with Crippen molar-refractivity contribution in [2.45, 2.75) is 31.3 Å². The third kappa shape index (κ3) is 2.72. The highest BCUT2D eigenvalue weighted by molar-refractivity contribution is 7.89. The zero-order chi connectivity index (χ0) is 18.5. The third-order valence-corrected chi connectivity index (χ3v) is 6.36. The quantitative estimate of drug-likeness (QED) is 0.872. The summed E-state index contributed by atoms with van der Waals surface area (Å²) in [5.41, 5.74) is 0.528. The van der Waals surface area contributed by atoms with Crippen molar-refractivity contribution in [2.24, 2.45) is 7.05 Å². The minimum absolute atomic E-state index is 0.00214. The molecule has 2 aromatic heterocycles. The number of aromatic nitrogens is 3. The molecule has 8 nitrogen and oxygen atoms in total. The number of carboxylic acids is 1. The molecule has 0 saturated carbocycles. The molecule has 2 aromatic rings. The van der Waals surface area contributed by atoms with Gasteiger partial charge in [-0.3, -0.25) is 0 Å². The first-order chi connectivity index (χ1) is 11.6. The molecule has 1 aliphatic heterocycles. The summed E-state index contributed by atoms with van der Waals surface area (Å²) in [6, 6.07) is 1.11. The van der Waals surface area contributed by atoms with Crippen molar-refractivity contribution in [3.05, 3.63) is 35.2 Å². The van der Waals surface area contributed by atoms with E-state index in [0.717, 1.165) is 10.4 Å². The number of hydrogen-bond donors (Lipinski definition) is 1. The van der Waals surface area contributed by atoms with Crippen molar-refractivity contribution in [1.82, 2.24) is 18.4 Å². The molecule has 1 N–H and O–H groups in total. The first-order valence-corrected chi connectivity index (χ1v) is 8.80. The van der Waals surface area contributed by atoms with E-state index in [2.05, 4.69) is 4.98 Å². The van der Waals surface area contributed by atoms with Crippen LogP contribution in [-0.4, -0.2) is 44.5 Å². The summed E-state index contributed by atoms with van der Waals surface area (Å²) < 4.78 is 55.3. The summed E-state index contributed by atoms with van der Waals surface area (Å²) in [6.07, 6.45) is -1.49. The van der Waals surface area contributed by atoms with E-state index in [1.807, 2.05) is 0 Å². The Kier molecular flexibility index (Phi) is 4.15. The maximum absolute atomic E-state index is 12.9. The number of imidazole rings is 1. The minimum Gasteiger partial charge on any atom is -0.477 e. The van der Waals surface area contributed by atoms with Gasteiger partial charge in [0.25, 0.3) is 6.43 Å². The van der Waals surface area contributed by atoms with E-state index in [4.69, 9.17) is 5.11 Å². The van der Waals surface area contributed by atoms with Gasteiger partial charge >= 0.3 is 5.97 Å². The second-order valence-electron chi connectivity index (χ2n) is 5.74. The lowest BCUT2D eigenvalue weighted by Gasteiger charge is -2.28. The van der Waals surface area contributed by atoms with Gasteiger partial charge in [0.2, 0.25) is 10.0 Å². The average molecular weight is 374 g/mol. The Balaban J connectivity index is 1.97. The molecular formula is C14H16F2N4O4S. The minimum atomic E-state index is -3.96. The predicted molar refractivity (Wildman–Crippen MR) is 81.9 cm³/mol. The lowest BCUT2D eigenvalue weighted by atomic mass is 10.3. The fourth-order valence-electron chi connectivity index (χ4n) is 2.94. The summed E-state index contributed by atoms with van der Waals surface area (Å²) in [7, 11) is -2.49. The molecule has 3 rings (SSSR count). The van der Waals surface area contributed by atoms with Gasteiger partial charge in [-0.1, -0.05) is 0 Å². The van der Waals surface area contributed by atoms with Gasteiger partial charge in [0.15, 0.2) is 5.82 Å². The standard InChI is InChI=1S/C14H16F2N4O4S/c1-8-11(5-10(14(21)22)18(8)2)25(23,24)19-3-4-20-9(7-19)6-17-13(20)12(15)16/h5-6,12H,3-4,7H2,1-2H3,(H,21,22). The number of sulfonamides is 1. The van der Waals surface area contributed by atoms with Crippen LogP contribution in [0.4, 0.5) is 8.78 Å². The molecule has 11 heteroatoms. The lowest BCUT2D eigenvalue weighted by molar-refractivity contribution is 0.0686. The van der Waals surface area contributed by atoms with Gasteiger partial charge in [-0.25, -0.2) is 27.0 Å². The molecular weight excluding hydrogens is 358 g/mol. The smallest absolute Gasteiger partial charge is 0.352 e. The number of fused-ring (bicyclic) bond motifs is 1. The summed E-state index contributed by atoms with van der Waals surface area (Å²) in [5, 5.41) is 9.15. The van der Waals surface area contributed by atoms with Crippen LogP contribution in [0, 0.1) is 6.92 Å². The first kappa shape index (κ1) is 17.5. The highest BCUT2D eigenvalue weighted by Crippen LogP contribution is 2.28. The fourth-order valence-corrected chi connectivity index (χ4v) is 4.61. The molecule has 0 spiro atoms. The van der Waals surface area contributed by atoms with E-state index in [1.165, 1.54) is 29.3 Å². The molecule has 1 aliphatic rings. The van der Waals surface area contributed by atoms with Crippen LogP contribution in [0.5, 0.6) is 0 Å². The highest BCUT2D eigenvalue weighted by atomic mass is 32.2. The number of aromatic carboxylic acids is 1. The Labute approximate surface area is 142 Å². The van der Waals surface area contributed by atoms with E-state index in [0.29, 0.717) is 11.4 Å². The fraction of sp³-hybridized carbons (Fsp3) is 0.429. The molecule has 0 fully saturated rings. The Morgan fingerprint density at radius 1 is 1.36 bits per heavy atom. The van der Waals surface area contributed by atoms with Crippen LogP contribution in [0.1, 0.15) is 34.1 Å². The Bertz CT molecular complexity index is 948. The third-order valence-electron chi connectivity index (χ3n) is 4.40. The van der Waals surface area contributed by atoms with E-state index >= 15 is 0 Å². The van der Waals surface area contributed by atoms with E-state index in [-0.39, 0.29) is 36.0 Å². The maximum Gasteiger partial charge on any atom is 0.352 e. The van der Waals surface area contributed by atoms with Gasteiger partial charge < -0.3 is 14.2 Å². The summed E-state index contributed by atoms with van der Waals surface area (Å²) in [4.78, 5) is 14.8. The Morgan fingerprint density at radius 3 is 2.60 bits per heavy atom. The summed E-state index contributed by atoms with van der Waals surface area (Å²) in [5.74, 6) is -1.61. The number of halogens is 2. The molecule has 0 radical (unpaired) electrons. The van der Waals surface area contributed by atoms with Crippen molar-refractivity contribution >= 4 is 16.0 Å². The normalized spacial score (nSPS) is 15.6. The average Bonchev–Trinajstić information content (AvgIpc) is 3.09. The molecule has 0 amide bonds. The maximum atomic E-state index is 12.9. The van der Waals surface area contributed by atoms with Gasteiger partial charge in [-0.05, 0) is 13.0 Å². The molecule has 0 aliphatic carbocycles. The second kappa shape index (κ2) is 5.92. The van der Waals surface area contributed by atoms with Crippen LogP contribution in [0.15, 0.2) is 17.2 Å². The van der Waals surface area contributed by atoms with Gasteiger partial charge in [0.05, 0.1) is 18.4 Å². The van der Waals surface area contributed by atoms with Gasteiger partial charge in [-0.2, -0.15) is 4.31 Å². The molecule has 136 valence electrons. The van der Waals surface area contributed by atoms with Crippen molar-refractivity contribution in [3.63, 3.8) is 0 Å². The summed E-state index contributed by atoms with van der Waals surface area (Å²) in [6.45, 7) is 1.48. The number of nitrogens with zero attached hydrogens (tertiary/aromatic N) is 4. The summed E-state index contributed by atoms with van der Waals surface area (Å²) >= 11 is 0. The van der Waals surface area contributed by atoms with Crippen LogP contribution in [0.25, 0.3) is 0 Å². The number of alkyl halides is 2. The molecule has 25 heavy (non-hydrogen) atoms. The van der Waals surface area contributed by atoms with Gasteiger partial charge in [-0.15, -0.1) is 0 Å². The molecule has 3 heterocycles. The van der Waals surface area contributed by atoms with Crippen LogP contribution in [0.2, 0.25) is 0 Å². The van der Waals surface area contributed by atoms with E-state index in [9.17, 15) is 22.0 Å². The number of carboxylic acid groups (broad SMARTS) is 1. The van der Waals surface area contributed by atoms with Crippen molar-refractivity contribution in [1.29, 1.82) is 0 Å². The lowest BCUT2D eigenvalue weighted by Crippen LogP contribution is -2.38. The first-order valence-electron chi connectivity index (χ1n) is 7.36. The molecule has 0 aromatic carbocycles. The number of carbonyl (C=O) groups is 1. The van der Waals surface area contributed by atoms with Crippen LogP contribution in [0.3, 0.4) is 0 Å². The van der Waals surface area contributed by atoms with E-state index < -0.39 is 22.4 Å². The Hall–Kier alpha value is -2.27. The molecule has 0 unspecified atom stereocenters. The largest absolute Gasteiger partial charge is 0.477 e. The monoisotopic (exact) mass is 374 g/mol. The zero-order valence-corrected chi connectivity index (χ0v) is 14.3.